The molecular formula is C38H48N4O4S. The maximum atomic E-state index is 13.1. The second-order valence-corrected chi connectivity index (χ2v) is 16.7. The number of carboxylic acids is 1. The summed E-state index contributed by atoms with van der Waals surface area (Å²) < 4.78 is 26.2. The van der Waals surface area contributed by atoms with Gasteiger partial charge in [0.05, 0.1) is 9.79 Å². The van der Waals surface area contributed by atoms with Gasteiger partial charge in [-0.25, -0.2) is 8.42 Å². The van der Waals surface area contributed by atoms with E-state index < -0.39 is 15.8 Å². The Morgan fingerprint density at radius 2 is 1.72 bits per heavy atom. The van der Waals surface area contributed by atoms with Gasteiger partial charge in [-0.3, -0.25) is 9.78 Å². The SMILES string of the molecule is Cc1cc(S(=O)(=O)c2ccc(N3CC(CN4CCC(C5([C@H]6CCC[C@@H]6CC(=O)O)CN(C)Cc6ccccc65)CC4)C3)cc2)ccn1. The number of rotatable bonds is 9. The monoisotopic (exact) mass is 656 g/mol. The number of aliphatic carboxylic acids is 1. The van der Waals surface area contributed by atoms with Crippen LogP contribution in [-0.2, 0) is 26.6 Å². The normalized spacial score (nSPS) is 26.2. The molecule has 2 aromatic carbocycles. The van der Waals surface area contributed by atoms with Crippen LogP contribution in [0.5, 0.6) is 0 Å². The fourth-order valence-corrected chi connectivity index (χ4v) is 11.0. The Morgan fingerprint density at radius 1 is 0.979 bits per heavy atom. The van der Waals surface area contributed by atoms with Gasteiger partial charge in [-0.1, -0.05) is 30.7 Å². The van der Waals surface area contributed by atoms with Crippen LogP contribution in [0.4, 0.5) is 5.69 Å². The van der Waals surface area contributed by atoms with Gasteiger partial charge in [0.25, 0.3) is 0 Å². The molecule has 0 radical (unpaired) electrons. The van der Waals surface area contributed by atoms with E-state index >= 15 is 0 Å². The van der Waals surface area contributed by atoms with E-state index in [-0.39, 0.29) is 22.6 Å². The summed E-state index contributed by atoms with van der Waals surface area (Å²) in [6, 6.07) is 19.5. The van der Waals surface area contributed by atoms with Crippen molar-refractivity contribution in [3.8, 4) is 0 Å². The Labute approximate surface area is 279 Å². The van der Waals surface area contributed by atoms with Crippen LogP contribution in [0, 0.1) is 30.6 Å². The molecule has 8 nitrogen and oxygen atoms in total. The number of likely N-dealkylation sites (N-methyl/N-ethyl adjacent to an activating group) is 1. The van der Waals surface area contributed by atoms with Crippen LogP contribution in [0.2, 0.25) is 0 Å². The fourth-order valence-electron chi connectivity index (χ4n) is 9.69. The first-order valence-corrected chi connectivity index (χ1v) is 18.9. The van der Waals surface area contributed by atoms with Crippen LogP contribution < -0.4 is 4.90 Å². The third-order valence-corrected chi connectivity index (χ3v) is 13.5. The molecule has 0 amide bonds. The number of carboxylic acid groups (broad SMARTS) is 1. The van der Waals surface area contributed by atoms with Crippen LogP contribution >= 0.6 is 0 Å². The number of nitrogens with zero attached hydrogens (tertiary/aromatic N) is 4. The first kappa shape index (κ1) is 32.3. The Kier molecular flexibility index (Phi) is 8.91. The third kappa shape index (κ3) is 6.22. The quantitative estimate of drug-likeness (QED) is 0.316. The van der Waals surface area contributed by atoms with E-state index in [0.29, 0.717) is 28.3 Å². The van der Waals surface area contributed by atoms with Gasteiger partial charge in [0.15, 0.2) is 0 Å². The third-order valence-electron chi connectivity index (χ3n) is 11.7. The van der Waals surface area contributed by atoms with Crippen molar-refractivity contribution in [3.63, 3.8) is 0 Å². The van der Waals surface area contributed by atoms with E-state index in [1.54, 1.807) is 31.2 Å². The van der Waals surface area contributed by atoms with Crippen LogP contribution in [0.15, 0.2) is 76.7 Å². The molecule has 1 aromatic heterocycles. The Bertz CT molecular complexity index is 1700. The zero-order valence-corrected chi connectivity index (χ0v) is 28.5. The van der Waals surface area contributed by atoms with Crippen molar-refractivity contribution in [2.45, 2.75) is 67.2 Å². The van der Waals surface area contributed by atoms with Gasteiger partial charge < -0.3 is 19.8 Å². The number of fused-ring (bicyclic) bond motifs is 1. The van der Waals surface area contributed by atoms with Gasteiger partial charge in [-0.15, -0.1) is 0 Å². The molecule has 3 fully saturated rings. The highest BCUT2D eigenvalue weighted by Crippen LogP contribution is 2.55. The average Bonchev–Trinajstić information content (AvgIpc) is 3.50. The molecule has 2 saturated heterocycles. The second-order valence-electron chi connectivity index (χ2n) is 14.7. The fraction of sp³-hybridized carbons (Fsp3) is 0.526. The molecule has 3 aliphatic heterocycles. The summed E-state index contributed by atoms with van der Waals surface area (Å²) in [4.78, 5) is 24.1. The molecular weight excluding hydrogens is 609 g/mol. The summed E-state index contributed by atoms with van der Waals surface area (Å²) in [6.07, 6.45) is 7.44. The maximum Gasteiger partial charge on any atom is 0.303 e. The number of aromatic nitrogens is 1. The van der Waals surface area contributed by atoms with E-state index in [1.807, 2.05) is 12.1 Å². The zero-order valence-electron chi connectivity index (χ0n) is 27.7. The lowest BCUT2D eigenvalue weighted by Crippen LogP contribution is -2.57. The maximum absolute atomic E-state index is 13.1. The van der Waals surface area contributed by atoms with E-state index in [9.17, 15) is 18.3 Å². The minimum absolute atomic E-state index is 0.00937. The lowest BCUT2D eigenvalue weighted by molar-refractivity contribution is -0.138. The molecule has 1 N–H and O–H groups in total. The van der Waals surface area contributed by atoms with Crippen LogP contribution in [0.25, 0.3) is 0 Å². The number of pyridine rings is 1. The predicted octanol–water partition coefficient (Wildman–Crippen LogP) is 5.65. The summed E-state index contributed by atoms with van der Waals surface area (Å²) in [6.45, 7) is 9.02. The Hall–Kier alpha value is -3.27. The first-order valence-electron chi connectivity index (χ1n) is 17.4. The topological polar surface area (TPSA) is 94.0 Å². The highest BCUT2D eigenvalue weighted by Gasteiger charge is 2.54. The number of hydrogen-bond acceptors (Lipinski definition) is 7. The van der Waals surface area contributed by atoms with Crippen LogP contribution in [-0.4, -0.2) is 80.6 Å². The standard InChI is InChI=1S/C38H48N4O4S/c1-27-20-34(14-17-39-27)47(45,46)33-12-10-32(11-13-33)42-23-28(24-42)22-41-18-15-31(16-19-41)38(35-9-5-7-29(35)21-37(43)44)26-40(2)25-30-6-3-4-8-36(30)38/h3-4,6,8,10-14,17,20,28-29,31,35H,5,7,9,15-16,18-19,21-26H2,1-2H3,(H,43,44)/t29-,35+,38?/m1/s1. The Balaban J connectivity index is 0.991. The molecule has 4 aliphatic rings. The minimum Gasteiger partial charge on any atom is -0.481 e. The molecule has 1 unspecified atom stereocenters. The minimum atomic E-state index is -3.57. The summed E-state index contributed by atoms with van der Waals surface area (Å²) >= 11 is 0. The van der Waals surface area contributed by atoms with Gasteiger partial charge >= 0.3 is 5.97 Å². The number of hydrogen-bond donors (Lipinski definition) is 1. The molecule has 4 heterocycles. The smallest absolute Gasteiger partial charge is 0.303 e. The number of piperidine rings is 1. The van der Waals surface area contributed by atoms with Crippen molar-refractivity contribution >= 4 is 21.5 Å². The highest BCUT2D eigenvalue weighted by atomic mass is 32.2. The number of sulfone groups is 1. The van der Waals surface area contributed by atoms with Gasteiger partial charge in [-0.2, -0.15) is 0 Å². The lowest BCUT2D eigenvalue weighted by Gasteiger charge is -2.55. The molecule has 9 heteroatoms. The molecule has 7 rings (SSSR count). The van der Waals surface area contributed by atoms with E-state index in [2.05, 4.69) is 51.0 Å². The summed E-state index contributed by atoms with van der Waals surface area (Å²) in [5.74, 6) is 1.15. The molecule has 47 heavy (non-hydrogen) atoms. The van der Waals surface area contributed by atoms with Crippen molar-refractivity contribution in [2.75, 3.05) is 51.2 Å². The van der Waals surface area contributed by atoms with E-state index in [1.165, 1.54) is 17.3 Å². The summed E-state index contributed by atoms with van der Waals surface area (Å²) in [5.41, 5.74) is 4.69. The second kappa shape index (κ2) is 13.0. The summed E-state index contributed by atoms with van der Waals surface area (Å²) in [5, 5.41) is 9.82. The van der Waals surface area contributed by atoms with E-state index in [4.69, 9.17) is 0 Å². The summed E-state index contributed by atoms with van der Waals surface area (Å²) in [7, 11) is -1.32. The Morgan fingerprint density at radius 3 is 2.45 bits per heavy atom. The van der Waals surface area contributed by atoms with Crippen molar-refractivity contribution in [1.29, 1.82) is 0 Å². The average molecular weight is 657 g/mol. The largest absolute Gasteiger partial charge is 0.481 e. The number of likely N-dealkylation sites (tertiary alicyclic amines) is 1. The molecule has 0 bridgehead atoms. The molecule has 250 valence electrons. The number of aryl methyl sites for hydroxylation is 1. The molecule has 1 saturated carbocycles. The molecule has 3 aromatic rings. The van der Waals surface area contributed by atoms with Crippen LogP contribution in [0.3, 0.4) is 0 Å². The van der Waals surface area contributed by atoms with Crippen molar-refractivity contribution < 1.29 is 18.3 Å². The number of anilines is 1. The van der Waals surface area contributed by atoms with Crippen molar-refractivity contribution in [2.24, 2.45) is 23.7 Å². The van der Waals surface area contributed by atoms with Crippen LogP contribution in [0.1, 0.15) is 55.3 Å². The molecule has 3 atom stereocenters. The van der Waals surface area contributed by atoms with Crippen molar-refractivity contribution in [3.05, 3.63) is 83.7 Å². The number of benzene rings is 2. The predicted molar refractivity (Wildman–Crippen MR) is 183 cm³/mol. The van der Waals surface area contributed by atoms with Gasteiger partial charge in [-0.05, 0) is 118 Å². The van der Waals surface area contributed by atoms with Gasteiger partial charge in [0.1, 0.15) is 0 Å². The highest BCUT2D eigenvalue weighted by molar-refractivity contribution is 7.91. The van der Waals surface area contributed by atoms with Gasteiger partial charge in [0.2, 0.25) is 9.84 Å². The number of carbonyl (C=O) groups is 1. The van der Waals surface area contributed by atoms with E-state index in [0.717, 1.165) is 83.6 Å². The lowest BCUT2D eigenvalue weighted by atomic mass is 9.55. The zero-order chi connectivity index (χ0) is 32.8. The van der Waals surface area contributed by atoms with Crippen molar-refractivity contribution in [1.82, 2.24) is 14.8 Å². The molecule has 1 aliphatic carbocycles. The van der Waals surface area contributed by atoms with Gasteiger partial charge in [0, 0.05) is 68.1 Å². The molecule has 0 spiro atoms. The first-order chi connectivity index (χ1) is 22.6.